The van der Waals surface area contributed by atoms with Crippen LogP contribution in [0, 0.1) is 6.92 Å². The van der Waals surface area contributed by atoms with Crippen molar-refractivity contribution in [3.63, 3.8) is 0 Å². The zero-order valence-corrected chi connectivity index (χ0v) is 8.43. The average molecular weight is 195 g/mol. The Hall–Kier alpha value is -0.800. The first-order chi connectivity index (χ1) is 6.29. The lowest BCUT2D eigenvalue weighted by molar-refractivity contribution is 0.226. The van der Waals surface area contributed by atoms with Crippen LogP contribution < -0.4 is 5.73 Å². The standard InChI is InChI=1S/C10H13NOS/c1-7-4-6-13-10(7)9(11)8-3-2-5-12-8/h3-4,6,9H,2,5,11H2,1H3. The van der Waals surface area contributed by atoms with E-state index in [0.29, 0.717) is 0 Å². The summed E-state index contributed by atoms with van der Waals surface area (Å²) in [7, 11) is 0. The number of rotatable bonds is 2. The minimum Gasteiger partial charge on any atom is -0.496 e. The number of nitrogens with two attached hydrogens (primary N) is 1. The van der Waals surface area contributed by atoms with Crippen molar-refractivity contribution in [3.05, 3.63) is 33.7 Å². The molecule has 0 saturated carbocycles. The third-order valence-corrected chi connectivity index (χ3v) is 3.32. The van der Waals surface area contributed by atoms with Gasteiger partial charge in [0.25, 0.3) is 0 Å². The molecule has 0 saturated heterocycles. The van der Waals surface area contributed by atoms with Gasteiger partial charge in [0.1, 0.15) is 5.76 Å². The maximum Gasteiger partial charge on any atom is 0.114 e. The fraction of sp³-hybridized carbons (Fsp3) is 0.400. The summed E-state index contributed by atoms with van der Waals surface area (Å²) in [6.45, 7) is 2.87. The predicted octanol–water partition coefficient (Wildman–Crippen LogP) is 2.36. The van der Waals surface area contributed by atoms with Gasteiger partial charge in [-0.05, 0) is 30.0 Å². The van der Waals surface area contributed by atoms with Crippen LogP contribution in [0.15, 0.2) is 23.3 Å². The zero-order valence-electron chi connectivity index (χ0n) is 7.62. The summed E-state index contributed by atoms with van der Waals surface area (Å²) >= 11 is 1.70. The summed E-state index contributed by atoms with van der Waals surface area (Å²) in [5.74, 6) is 0.936. The number of thiophene rings is 1. The number of hydrogen-bond donors (Lipinski definition) is 1. The molecule has 0 aliphatic carbocycles. The molecule has 0 bridgehead atoms. The first-order valence-corrected chi connectivity index (χ1v) is 5.29. The highest BCUT2D eigenvalue weighted by Crippen LogP contribution is 2.29. The van der Waals surface area contributed by atoms with Crippen LogP contribution in [0.5, 0.6) is 0 Å². The minimum atomic E-state index is -0.0532. The van der Waals surface area contributed by atoms with Crippen molar-refractivity contribution in [2.75, 3.05) is 6.61 Å². The Labute approximate surface area is 82.0 Å². The van der Waals surface area contributed by atoms with Crippen LogP contribution in [-0.4, -0.2) is 6.61 Å². The Morgan fingerprint density at radius 3 is 3.00 bits per heavy atom. The van der Waals surface area contributed by atoms with Gasteiger partial charge < -0.3 is 10.5 Å². The summed E-state index contributed by atoms with van der Waals surface area (Å²) in [6.07, 6.45) is 3.08. The van der Waals surface area contributed by atoms with E-state index in [1.165, 1.54) is 10.4 Å². The second-order valence-corrected chi connectivity index (χ2v) is 4.14. The molecule has 70 valence electrons. The highest BCUT2D eigenvalue weighted by Gasteiger charge is 2.18. The third kappa shape index (κ3) is 1.62. The molecule has 1 atom stereocenters. The summed E-state index contributed by atoms with van der Waals surface area (Å²) in [6, 6.07) is 2.04. The van der Waals surface area contributed by atoms with Gasteiger partial charge in [-0.15, -0.1) is 11.3 Å². The smallest absolute Gasteiger partial charge is 0.114 e. The molecular weight excluding hydrogens is 182 g/mol. The molecule has 13 heavy (non-hydrogen) atoms. The summed E-state index contributed by atoms with van der Waals surface area (Å²) in [5.41, 5.74) is 7.32. The predicted molar refractivity (Wildman–Crippen MR) is 54.6 cm³/mol. The van der Waals surface area contributed by atoms with Crippen LogP contribution in [0.2, 0.25) is 0 Å². The van der Waals surface area contributed by atoms with Crippen LogP contribution >= 0.6 is 11.3 Å². The molecule has 1 aromatic rings. The van der Waals surface area contributed by atoms with E-state index >= 15 is 0 Å². The van der Waals surface area contributed by atoms with Crippen molar-refractivity contribution in [2.24, 2.45) is 5.73 Å². The monoisotopic (exact) mass is 195 g/mol. The van der Waals surface area contributed by atoms with Crippen molar-refractivity contribution in [2.45, 2.75) is 19.4 Å². The quantitative estimate of drug-likeness (QED) is 0.786. The Bertz CT molecular complexity index is 329. The van der Waals surface area contributed by atoms with E-state index in [9.17, 15) is 0 Å². The van der Waals surface area contributed by atoms with Crippen molar-refractivity contribution in [3.8, 4) is 0 Å². The van der Waals surface area contributed by atoms with E-state index in [1.54, 1.807) is 11.3 Å². The normalized spacial score (nSPS) is 18.2. The molecule has 0 aromatic carbocycles. The molecule has 0 radical (unpaired) electrons. The SMILES string of the molecule is Cc1ccsc1C(N)C1=CCCO1. The fourth-order valence-electron chi connectivity index (χ4n) is 1.49. The van der Waals surface area contributed by atoms with Crippen LogP contribution in [-0.2, 0) is 4.74 Å². The van der Waals surface area contributed by atoms with Gasteiger partial charge in [-0.2, -0.15) is 0 Å². The fourth-order valence-corrected chi connectivity index (χ4v) is 2.42. The van der Waals surface area contributed by atoms with Crippen LogP contribution in [0.1, 0.15) is 22.9 Å². The zero-order chi connectivity index (χ0) is 9.26. The van der Waals surface area contributed by atoms with Gasteiger partial charge in [0.2, 0.25) is 0 Å². The topological polar surface area (TPSA) is 35.2 Å². The molecule has 0 fully saturated rings. The number of hydrogen-bond acceptors (Lipinski definition) is 3. The third-order valence-electron chi connectivity index (χ3n) is 2.22. The lowest BCUT2D eigenvalue weighted by Crippen LogP contribution is -2.13. The molecule has 0 spiro atoms. The molecule has 2 nitrogen and oxygen atoms in total. The Morgan fingerprint density at radius 2 is 2.46 bits per heavy atom. The Kier molecular flexibility index (Phi) is 2.38. The van der Waals surface area contributed by atoms with E-state index in [1.807, 2.05) is 0 Å². The molecule has 2 rings (SSSR count). The van der Waals surface area contributed by atoms with Crippen LogP contribution in [0.4, 0.5) is 0 Å². The minimum absolute atomic E-state index is 0.0532. The van der Waals surface area contributed by atoms with Crippen molar-refractivity contribution >= 4 is 11.3 Å². The highest BCUT2D eigenvalue weighted by molar-refractivity contribution is 7.10. The van der Waals surface area contributed by atoms with Crippen LogP contribution in [0.25, 0.3) is 0 Å². The number of ether oxygens (including phenoxy) is 1. The Morgan fingerprint density at radius 1 is 1.62 bits per heavy atom. The second-order valence-electron chi connectivity index (χ2n) is 3.19. The summed E-state index contributed by atoms with van der Waals surface area (Å²) in [4.78, 5) is 1.22. The first-order valence-electron chi connectivity index (χ1n) is 4.41. The molecule has 3 heteroatoms. The first kappa shape index (κ1) is 8.78. The van der Waals surface area contributed by atoms with E-state index in [4.69, 9.17) is 10.5 Å². The van der Waals surface area contributed by atoms with Crippen LogP contribution in [0.3, 0.4) is 0 Å². The summed E-state index contributed by atoms with van der Waals surface area (Å²) < 4.78 is 5.44. The maximum absolute atomic E-state index is 6.06. The molecule has 1 aromatic heterocycles. The maximum atomic E-state index is 6.06. The van der Waals surface area contributed by atoms with E-state index < -0.39 is 0 Å². The molecule has 1 aliphatic heterocycles. The lowest BCUT2D eigenvalue weighted by Gasteiger charge is -2.12. The molecule has 1 unspecified atom stereocenters. The van der Waals surface area contributed by atoms with Crippen molar-refractivity contribution in [1.29, 1.82) is 0 Å². The van der Waals surface area contributed by atoms with Gasteiger partial charge in [0.05, 0.1) is 12.6 Å². The Balaban J connectivity index is 2.21. The van der Waals surface area contributed by atoms with Gasteiger partial charge in [-0.3, -0.25) is 0 Å². The average Bonchev–Trinajstić information content (AvgIpc) is 2.72. The van der Waals surface area contributed by atoms with Gasteiger partial charge in [-0.1, -0.05) is 0 Å². The molecule has 0 amide bonds. The molecular formula is C10H13NOS. The molecule has 2 N–H and O–H groups in total. The second kappa shape index (κ2) is 3.52. The van der Waals surface area contributed by atoms with E-state index in [2.05, 4.69) is 24.4 Å². The molecule has 2 heterocycles. The van der Waals surface area contributed by atoms with Gasteiger partial charge >= 0.3 is 0 Å². The summed E-state index contributed by atoms with van der Waals surface area (Å²) in [5, 5.41) is 2.07. The van der Waals surface area contributed by atoms with Crippen molar-refractivity contribution < 1.29 is 4.74 Å². The van der Waals surface area contributed by atoms with Gasteiger partial charge in [0, 0.05) is 11.3 Å². The molecule has 1 aliphatic rings. The van der Waals surface area contributed by atoms with Gasteiger partial charge in [-0.25, -0.2) is 0 Å². The van der Waals surface area contributed by atoms with Gasteiger partial charge in [0.15, 0.2) is 0 Å². The number of aryl methyl sites for hydroxylation is 1. The van der Waals surface area contributed by atoms with E-state index in [0.717, 1.165) is 18.8 Å². The lowest BCUT2D eigenvalue weighted by atomic mass is 10.1. The highest BCUT2D eigenvalue weighted by atomic mass is 32.1. The van der Waals surface area contributed by atoms with E-state index in [-0.39, 0.29) is 6.04 Å². The largest absolute Gasteiger partial charge is 0.496 e. The van der Waals surface area contributed by atoms with Crippen molar-refractivity contribution in [1.82, 2.24) is 0 Å².